The van der Waals surface area contributed by atoms with Gasteiger partial charge in [0.05, 0.1) is 12.6 Å². The van der Waals surface area contributed by atoms with E-state index >= 15 is 0 Å². The molecule has 3 aliphatic rings. The average Bonchev–Trinajstić information content (AvgIpc) is 2.82. The first-order valence-corrected chi connectivity index (χ1v) is 10.0. The van der Waals surface area contributed by atoms with E-state index in [1.54, 1.807) is 0 Å². The van der Waals surface area contributed by atoms with Crippen molar-refractivity contribution in [2.75, 3.05) is 25.4 Å². The number of hydrogen-bond donors (Lipinski definition) is 0. The van der Waals surface area contributed by atoms with Crippen LogP contribution in [0.25, 0.3) is 0 Å². The third kappa shape index (κ3) is 2.94. The van der Waals surface area contributed by atoms with Crippen molar-refractivity contribution in [1.29, 1.82) is 0 Å². The molecule has 1 aromatic carbocycles. The zero-order chi connectivity index (χ0) is 16.5. The molecular weight excluding hydrogens is 320 g/mol. The number of amides is 2. The molecule has 2 fully saturated rings. The first kappa shape index (κ1) is 16.0. The molecule has 1 unspecified atom stereocenters. The molecule has 0 spiro atoms. The van der Waals surface area contributed by atoms with Crippen LogP contribution in [0.3, 0.4) is 0 Å². The molecule has 4 rings (SSSR count). The first-order valence-electron chi connectivity index (χ1n) is 9.04. The highest BCUT2D eigenvalue weighted by Crippen LogP contribution is 2.37. The van der Waals surface area contributed by atoms with Gasteiger partial charge in [-0.15, -0.1) is 11.8 Å². The zero-order valence-electron chi connectivity index (χ0n) is 13.9. The Kier molecular flexibility index (Phi) is 4.53. The number of fused-ring (bicyclic) bond motifs is 3. The Bertz CT molecular complexity index is 642. The maximum absolute atomic E-state index is 12.9. The molecule has 1 saturated heterocycles. The number of hydrogen-bond acceptors (Lipinski definition) is 3. The summed E-state index contributed by atoms with van der Waals surface area (Å²) in [6.45, 7) is 1.69. The Morgan fingerprint density at radius 2 is 1.92 bits per heavy atom. The summed E-state index contributed by atoms with van der Waals surface area (Å²) < 4.78 is 0. The molecule has 5 heteroatoms. The second kappa shape index (κ2) is 6.79. The maximum Gasteiger partial charge on any atom is 0.242 e. The lowest BCUT2D eigenvalue weighted by Gasteiger charge is -2.42. The lowest BCUT2D eigenvalue weighted by molar-refractivity contribution is -0.151. The van der Waals surface area contributed by atoms with Gasteiger partial charge in [-0.1, -0.05) is 37.5 Å². The summed E-state index contributed by atoms with van der Waals surface area (Å²) in [5, 5.41) is 0. The van der Waals surface area contributed by atoms with Crippen molar-refractivity contribution in [3.05, 3.63) is 29.8 Å². The van der Waals surface area contributed by atoms with Crippen LogP contribution in [0.2, 0.25) is 0 Å². The predicted molar refractivity (Wildman–Crippen MR) is 94.8 cm³/mol. The van der Waals surface area contributed by atoms with Gasteiger partial charge in [0.15, 0.2) is 0 Å². The Labute approximate surface area is 147 Å². The molecule has 0 aromatic heterocycles. The minimum atomic E-state index is 0.0185. The summed E-state index contributed by atoms with van der Waals surface area (Å²) in [5.41, 5.74) is 1.20. The zero-order valence-corrected chi connectivity index (χ0v) is 14.8. The summed E-state index contributed by atoms with van der Waals surface area (Å²) in [4.78, 5) is 30.7. The smallest absolute Gasteiger partial charge is 0.242 e. The lowest BCUT2D eigenvalue weighted by atomic mass is 9.87. The first-order chi connectivity index (χ1) is 11.7. The van der Waals surface area contributed by atoms with Crippen molar-refractivity contribution in [2.45, 2.75) is 43.0 Å². The van der Waals surface area contributed by atoms with Crippen molar-refractivity contribution in [3.63, 3.8) is 0 Å². The van der Waals surface area contributed by atoms with Crippen molar-refractivity contribution in [1.82, 2.24) is 9.80 Å². The van der Waals surface area contributed by atoms with E-state index < -0.39 is 0 Å². The summed E-state index contributed by atoms with van der Waals surface area (Å²) in [7, 11) is 0. The van der Waals surface area contributed by atoms with Crippen LogP contribution in [0.4, 0.5) is 0 Å². The SMILES string of the molecule is O=C(C1CCCCC1)N1CC(=O)N2CCSc3ccccc3C2C1. The Morgan fingerprint density at radius 1 is 1.12 bits per heavy atom. The van der Waals surface area contributed by atoms with Crippen molar-refractivity contribution >= 4 is 23.6 Å². The number of benzene rings is 1. The van der Waals surface area contributed by atoms with Crippen molar-refractivity contribution < 1.29 is 9.59 Å². The summed E-state index contributed by atoms with van der Waals surface area (Å²) in [6, 6.07) is 8.36. The largest absolute Gasteiger partial charge is 0.331 e. The van der Waals surface area contributed by atoms with Crippen LogP contribution in [0.15, 0.2) is 29.2 Å². The number of piperazine rings is 1. The van der Waals surface area contributed by atoms with E-state index in [2.05, 4.69) is 18.2 Å². The highest BCUT2D eigenvalue weighted by molar-refractivity contribution is 7.99. The van der Waals surface area contributed by atoms with Gasteiger partial charge in [0.1, 0.15) is 0 Å². The monoisotopic (exact) mass is 344 g/mol. The van der Waals surface area contributed by atoms with Gasteiger partial charge in [-0.05, 0) is 24.5 Å². The van der Waals surface area contributed by atoms with Crippen LogP contribution in [0.5, 0.6) is 0 Å². The van der Waals surface area contributed by atoms with Crippen LogP contribution in [-0.4, -0.2) is 47.0 Å². The predicted octanol–water partition coefficient (Wildman–Crippen LogP) is 3.08. The number of rotatable bonds is 1. The standard InChI is InChI=1S/C19H24N2O2S/c22-18-13-20(19(23)14-6-2-1-3-7-14)12-16-15-8-4-5-9-17(15)24-11-10-21(16)18/h4-5,8-9,14,16H,1-3,6-7,10-13H2. The second-order valence-corrected chi connectivity index (χ2v) is 8.18. The van der Waals surface area contributed by atoms with E-state index in [4.69, 9.17) is 0 Å². The van der Waals surface area contributed by atoms with Crippen molar-refractivity contribution in [3.8, 4) is 0 Å². The van der Waals surface area contributed by atoms with Crippen LogP contribution < -0.4 is 0 Å². The minimum Gasteiger partial charge on any atom is -0.331 e. The fourth-order valence-electron chi connectivity index (χ4n) is 4.26. The number of carbonyl (C=O) groups is 2. The fraction of sp³-hybridized carbons (Fsp3) is 0.579. The van der Waals surface area contributed by atoms with Gasteiger partial charge in [0.2, 0.25) is 11.8 Å². The van der Waals surface area contributed by atoms with Crippen LogP contribution in [0, 0.1) is 5.92 Å². The van der Waals surface area contributed by atoms with Crippen molar-refractivity contribution in [2.24, 2.45) is 5.92 Å². The van der Waals surface area contributed by atoms with Crippen LogP contribution in [-0.2, 0) is 9.59 Å². The van der Waals surface area contributed by atoms with E-state index in [0.29, 0.717) is 6.54 Å². The Hall–Kier alpha value is -1.49. The number of carbonyl (C=O) groups excluding carboxylic acids is 2. The highest BCUT2D eigenvalue weighted by Gasteiger charge is 2.39. The number of nitrogens with zero attached hydrogens (tertiary/aromatic N) is 2. The lowest BCUT2D eigenvalue weighted by Crippen LogP contribution is -2.55. The van der Waals surface area contributed by atoms with Gasteiger partial charge in [0.25, 0.3) is 0 Å². The fourth-order valence-corrected chi connectivity index (χ4v) is 5.32. The molecule has 2 amide bonds. The molecule has 2 heterocycles. The Balaban J connectivity index is 1.59. The van der Waals surface area contributed by atoms with Gasteiger partial charge >= 0.3 is 0 Å². The third-order valence-electron chi connectivity index (χ3n) is 5.55. The van der Waals surface area contributed by atoms with E-state index in [-0.39, 0.29) is 30.3 Å². The maximum atomic E-state index is 12.9. The molecule has 128 valence electrons. The molecule has 4 nitrogen and oxygen atoms in total. The Morgan fingerprint density at radius 3 is 2.75 bits per heavy atom. The summed E-state index contributed by atoms with van der Waals surface area (Å²) >= 11 is 1.82. The second-order valence-electron chi connectivity index (χ2n) is 7.04. The van der Waals surface area contributed by atoms with Crippen LogP contribution in [0.1, 0.15) is 43.7 Å². The molecule has 0 radical (unpaired) electrons. The summed E-state index contributed by atoms with van der Waals surface area (Å²) in [6.07, 6.45) is 5.51. The molecule has 1 aliphatic carbocycles. The topological polar surface area (TPSA) is 40.6 Å². The van der Waals surface area contributed by atoms with E-state index in [1.165, 1.54) is 16.9 Å². The molecule has 24 heavy (non-hydrogen) atoms. The van der Waals surface area contributed by atoms with Gasteiger partial charge in [0, 0.05) is 29.7 Å². The molecule has 1 aromatic rings. The van der Waals surface area contributed by atoms with Gasteiger partial charge in [-0.25, -0.2) is 0 Å². The normalized spacial score (nSPS) is 25.0. The van der Waals surface area contributed by atoms with Crippen LogP contribution >= 0.6 is 11.8 Å². The van der Waals surface area contributed by atoms with E-state index in [1.807, 2.05) is 27.6 Å². The molecule has 1 atom stereocenters. The van der Waals surface area contributed by atoms with Gasteiger partial charge < -0.3 is 9.80 Å². The highest BCUT2D eigenvalue weighted by atomic mass is 32.2. The molecule has 2 aliphatic heterocycles. The third-order valence-corrected chi connectivity index (χ3v) is 6.62. The van der Waals surface area contributed by atoms with E-state index in [9.17, 15) is 9.59 Å². The van der Waals surface area contributed by atoms with E-state index in [0.717, 1.165) is 38.0 Å². The van der Waals surface area contributed by atoms with Gasteiger partial charge in [-0.2, -0.15) is 0 Å². The summed E-state index contributed by atoms with van der Waals surface area (Å²) in [5.74, 6) is 1.37. The molecule has 0 bridgehead atoms. The molecule has 1 saturated carbocycles. The average molecular weight is 344 g/mol. The molecule has 0 N–H and O–H groups in total. The molecular formula is C19H24N2O2S. The minimum absolute atomic E-state index is 0.0185. The quantitative estimate of drug-likeness (QED) is 0.786. The van der Waals surface area contributed by atoms with Gasteiger partial charge in [-0.3, -0.25) is 9.59 Å². The number of thioether (sulfide) groups is 1.